The minimum absolute atomic E-state index is 1.09. The van der Waals surface area contributed by atoms with Crippen molar-refractivity contribution in [3.05, 3.63) is 229 Å². The van der Waals surface area contributed by atoms with Gasteiger partial charge in [0.25, 0.3) is 0 Å². The van der Waals surface area contributed by atoms with Gasteiger partial charge in [-0.2, -0.15) is 0 Å². The largest absolute Gasteiger partial charge is 0.311 e. The van der Waals surface area contributed by atoms with E-state index in [1.165, 1.54) is 16.7 Å². The molecule has 7 aromatic rings. The van der Waals surface area contributed by atoms with Crippen LogP contribution >= 0.6 is 0 Å². The van der Waals surface area contributed by atoms with Crippen LogP contribution in [0.1, 0.15) is 16.7 Å². The number of rotatable bonds is 10. The Labute approximate surface area is 283 Å². The summed E-state index contributed by atoms with van der Waals surface area (Å²) >= 11 is 0. The summed E-state index contributed by atoms with van der Waals surface area (Å²) < 4.78 is 0. The Morgan fingerprint density at radius 3 is 0.958 bits per heavy atom. The molecule has 0 fully saturated rings. The second-order valence-electron chi connectivity index (χ2n) is 11.5. The molecular formula is C46H36N2. The van der Waals surface area contributed by atoms with Gasteiger partial charge in [-0.25, -0.2) is 0 Å². The maximum absolute atomic E-state index is 2.30. The van der Waals surface area contributed by atoms with Gasteiger partial charge >= 0.3 is 0 Å². The standard InChI is InChI=1S/C46H36N2/c1-6-18-38(19-7-1)46(39-20-8-2-9-21-39)28-16-17-37-29-31-43(32-30-37)48(42-26-14-5-15-27-42)45-35-33-44(34-36-45)47(40-22-10-3-11-23-40)41-24-12-4-13-25-41/h1-36H. The van der Waals surface area contributed by atoms with Crippen molar-refractivity contribution in [2.45, 2.75) is 0 Å². The lowest BCUT2D eigenvalue weighted by Crippen LogP contribution is -2.12. The zero-order valence-electron chi connectivity index (χ0n) is 26.7. The number of nitrogens with zero attached hydrogens (tertiary/aromatic N) is 2. The van der Waals surface area contributed by atoms with E-state index in [1.807, 2.05) is 0 Å². The SMILES string of the molecule is C(=Cc1ccc(N(c2ccccc2)c2ccc(N(c3ccccc3)c3ccccc3)cc2)cc1)C=C(c1ccccc1)c1ccccc1. The van der Waals surface area contributed by atoms with Crippen LogP contribution in [-0.2, 0) is 0 Å². The second kappa shape index (κ2) is 14.8. The zero-order chi connectivity index (χ0) is 32.4. The van der Waals surface area contributed by atoms with Crippen molar-refractivity contribution in [1.29, 1.82) is 0 Å². The summed E-state index contributed by atoms with van der Waals surface area (Å²) in [5.41, 5.74) is 11.4. The van der Waals surface area contributed by atoms with E-state index in [2.05, 4.69) is 228 Å². The van der Waals surface area contributed by atoms with Gasteiger partial charge in [-0.3, -0.25) is 0 Å². The summed E-state index contributed by atoms with van der Waals surface area (Å²) in [6, 6.07) is 70.2. The Balaban J connectivity index is 1.18. The normalized spacial score (nSPS) is 10.8. The van der Waals surface area contributed by atoms with Gasteiger partial charge in [-0.1, -0.05) is 146 Å². The molecule has 0 saturated carbocycles. The fraction of sp³-hybridized carbons (Fsp3) is 0. The van der Waals surface area contributed by atoms with Gasteiger partial charge in [-0.15, -0.1) is 0 Å². The summed E-state index contributed by atoms with van der Waals surface area (Å²) in [6.07, 6.45) is 6.51. The minimum Gasteiger partial charge on any atom is -0.311 e. The molecule has 0 bridgehead atoms. The average molecular weight is 617 g/mol. The van der Waals surface area contributed by atoms with E-state index in [9.17, 15) is 0 Å². The quantitative estimate of drug-likeness (QED) is 0.141. The smallest absolute Gasteiger partial charge is 0.0463 e. The summed E-state index contributed by atoms with van der Waals surface area (Å²) in [4.78, 5) is 4.59. The van der Waals surface area contributed by atoms with Crippen LogP contribution in [0.3, 0.4) is 0 Å². The van der Waals surface area contributed by atoms with Gasteiger partial charge in [-0.05, 0) is 95.1 Å². The van der Waals surface area contributed by atoms with Crippen molar-refractivity contribution in [3.8, 4) is 0 Å². The Morgan fingerprint density at radius 1 is 0.312 bits per heavy atom. The van der Waals surface area contributed by atoms with Gasteiger partial charge in [0.1, 0.15) is 0 Å². The number of allylic oxidation sites excluding steroid dienone is 2. The summed E-state index contributed by atoms with van der Waals surface area (Å²) in [5, 5.41) is 0. The Morgan fingerprint density at radius 2 is 0.604 bits per heavy atom. The predicted molar refractivity (Wildman–Crippen MR) is 205 cm³/mol. The van der Waals surface area contributed by atoms with Gasteiger partial charge < -0.3 is 9.80 Å². The monoisotopic (exact) mass is 616 g/mol. The van der Waals surface area contributed by atoms with Crippen LogP contribution in [0.5, 0.6) is 0 Å². The molecule has 0 N–H and O–H groups in total. The van der Waals surface area contributed by atoms with Crippen molar-refractivity contribution in [1.82, 2.24) is 0 Å². The molecule has 7 rings (SSSR count). The minimum atomic E-state index is 1.09. The molecule has 48 heavy (non-hydrogen) atoms. The third-order valence-corrected chi connectivity index (χ3v) is 8.28. The Hall–Kier alpha value is -6.38. The zero-order valence-corrected chi connectivity index (χ0v) is 26.7. The molecule has 0 unspecified atom stereocenters. The van der Waals surface area contributed by atoms with Gasteiger partial charge in [0.15, 0.2) is 0 Å². The molecule has 2 nitrogen and oxygen atoms in total. The maximum atomic E-state index is 2.30. The molecule has 0 aliphatic carbocycles. The fourth-order valence-electron chi connectivity index (χ4n) is 5.96. The van der Waals surface area contributed by atoms with Crippen LogP contribution in [-0.4, -0.2) is 0 Å². The number of anilines is 6. The van der Waals surface area contributed by atoms with E-state index < -0.39 is 0 Å². The third kappa shape index (κ3) is 7.04. The first-order chi connectivity index (χ1) is 23.8. The number of para-hydroxylation sites is 3. The van der Waals surface area contributed by atoms with Gasteiger partial charge in [0, 0.05) is 34.1 Å². The number of benzene rings is 7. The Kier molecular flexibility index (Phi) is 9.34. The van der Waals surface area contributed by atoms with Crippen LogP contribution in [0.2, 0.25) is 0 Å². The van der Waals surface area contributed by atoms with Gasteiger partial charge in [0.2, 0.25) is 0 Å². The first kappa shape index (κ1) is 30.3. The van der Waals surface area contributed by atoms with Crippen molar-refractivity contribution in [2.75, 3.05) is 9.80 Å². The van der Waals surface area contributed by atoms with Crippen LogP contribution in [0.15, 0.2) is 212 Å². The van der Waals surface area contributed by atoms with E-state index in [0.29, 0.717) is 0 Å². The fourth-order valence-corrected chi connectivity index (χ4v) is 5.96. The highest BCUT2D eigenvalue weighted by Crippen LogP contribution is 2.39. The summed E-state index contributed by atoms with van der Waals surface area (Å²) in [5.74, 6) is 0. The van der Waals surface area contributed by atoms with Crippen molar-refractivity contribution >= 4 is 45.8 Å². The molecule has 0 aliphatic heterocycles. The molecule has 2 heteroatoms. The first-order valence-electron chi connectivity index (χ1n) is 16.3. The van der Waals surface area contributed by atoms with E-state index in [0.717, 1.165) is 39.7 Å². The number of hydrogen-bond acceptors (Lipinski definition) is 2. The van der Waals surface area contributed by atoms with Crippen molar-refractivity contribution < 1.29 is 0 Å². The van der Waals surface area contributed by atoms with E-state index >= 15 is 0 Å². The molecule has 0 spiro atoms. The molecule has 0 aromatic heterocycles. The van der Waals surface area contributed by atoms with Crippen LogP contribution in [0.4, 0.5) is 34.1 Å². The molecular weight excluding hydrogens is 581 g/mol. The highest BCUT2D eigenvalue weighted by atomic mass is 15.2. The molecule has 0 atom stereocenters. The molecule has 230 valence electrons. The molecule has 7 aromatic carbocycles. The molecule has 0 aliphatic rings. The first-order valence-corrected chi connectivity index (χ1v) is 16.3. The molecule has 0 amide bonds. The molecule has 0 radical (unpaired) electrons. The average Bonchev–Trinajstić information content (AvgIpc) is 3.17. The lowest BCUT2D eigenvalue weighted by atomic mass is 9.97. The highest BCUT2D eigenvalue weighted by Gasteiger charge is 2.15. The van der Waals surface area contributed by atoms with E-state index in [-0.39, 0.29) is 0 Å². The summed E-state index contributed by atoms with van der Waals surface area (Å²) in [7, 11) is 0. The van der Waals surface area contributed by atoms with E-state index in [1.54, 1.807) is 0 Å². The molecule has 0 saturated heterocycles. The van der Waals surface area contributed by atoms with Crippen molar-refractivity contribution in [2.24, 2.45) is 0 Å². The van der Waals surface area contributed by atoms with E-state index in [4.69, 9.17) is 0 Å². The topological polar surface area (TPSA) is 6.48 Å². The Bertz CT molecular complexity index is 1990. The molecule has 0 heterocycles. The third-order valence-electron chi connectivity index (χ3n) is 8.28. The second-order valence-corrected chi connectivity index (χ2v) is 11.5. The number of hydrogen-bond donors (Lipinski definition) is 0. The predicted octanol–water partition coefficient (Wildman–Crippen LogP) is 12.8. The van der Waals surface area contributed by atoms with Crippen LogP contribution < -0.4 is 9.80 Å². The van der Waals surface area contributed by atoms with Gasteiger partial charge in [0.05, 0.1) is 0 Å². The highest BCUT2D eigenvalue weighted by molar-refractivity contribution is 5.83. The van der Waals surface area contributed by atoms with Crippen LogP contribution in [0.25, 0.3) is 11.6 Å². The maximum Gasteiger partial charge on any atom is 0.0463 e. The lowest BCUT2D eigenvalue weighted by molar-refractivity contribution is 1.25. The van der Waals surface area contributed by atoms with Crippen molar-refractivity contribution in [3.63, 3.8) is 0 Å². The summed E-state index contributed by atoms with van der Waals surface area (Å²) in [6.45, 7) is 0. The van der Waals surface area contributed by atoms with Crippen LogP contribution in [0, 0.1) is 0 Å². The lowest BCUT2D eigenvalue weighted by Gasteiger charge is -2.28.